The lowest BCUT2D eigenvalue weighted by molar-refractivity contribution is -0.118. The van der Waals surface area contributed by atoms with Gasteiger partial charge in [0.2, 0.25) is 5.91 Å². The first-order valence-corrected chi connectivity index (χ1v) is 10.6. The Morgan fingerprint density at radius 1 is 1.00 bits per heavy atom. The minimum absolute atomic E-state index is 0.235. The number of carbonyl (C=O) groups excluding carboxylic acids is 2. The molecule has 0 aliphatic rings. The van der Waals surface area contributed by atoms with Crippen molar-refractivity contribution in [1.82, 2.24) is 5.32 Å². The first-order valence-electron chi connectivity index (χ1n) is 8.49. The molecule has 0 radical (unpaired) electrons. The maximum atomic E-state index is 12.8. The maximum Gasteiger partial charge on any atom is 0.262 e. The number of thioether (sulfide) groups is 1. The SMILES string of the molecule is CSc1ccc(NC(=O)[C@H](Cc2ccccc2)NC(=O)c2cccs2)cc1. The number of thiophene rings is 1. The van der Waals surface area contributed by atoms with E-state index in [0.29, 0.717) is 17.0 Å². The van der Waals surface area contributed by atoms with Crippen LogP contribution >= 0.6 is 23.1 Å². The van der Waals surface area contributed by atoms with Crippen LogP contribution in [0, 0.1) is 0 Å². The summed E-state index contributed by atoms with van der Waals surface area (Å²) in [6.45, 7) is 0. The predicted octanol–water partition coefficient (Wildman–Crippen LogP) is 4.45. The molecule has 138 valence electrons. The monoisotopic (exact) mass is 396 g/mol. The number of hydrogen-bond acceptors (Lipinski definition) is 4. The molecule has 4 nitrogen and oxygen atoms in total. The Balaban J connectivity index is 1.74. The molecule has 3 aromatic rings. The summed E-state index contributed by atoms with van der Waals surface area (Å²) in [6.07, 6.45) is 2.43. The van der Waals surface area contributed by atoms with Gasteiger partial charge in [0, 0.05) is 17.0 Å². The van der Waals surface area contributed by atoms with Gasteiger partial charge < -0.3 is 10.6 Å². The molecule has 0 spiro atoms. The molecule has 1 atom stereocenters. The maximum absolute atomic E-state index is 12.8. The third kappa shape index (κ3) is 5.45. The van der Waals surface area contributed by atoms with Crippen LogP contribution in [0.5, 0.6) is 0 Å². The molecule has 2 aromatic carbocycles. The van der Waals surface area contributed by atoms with Crippen molar-refractivity contribution in [1.29, 1.82) is 0 Å². The molecule has 0 saturated heterocycles. The Kier molecular flexibility index (Phi) is 6.68. The molecule has 0 saturated carbocycles. The standard InChI is InChI=1S/C21H20N2O2S2/c1-26-17-11-9-16(10-12-17)22-20(24)18(14-15-6-3-2-4-7-15)23-21(25)19-8-5-13-27-19/h2-13,18H,14H2,1H3,(H,22,24)(H,23,25)/t18-/m0/s1. The second-order valence-electron chi connectivity index (χ2n) is 5.91. The van der Waals surface area contributed by atoms with Gasteiger partial charge in [0.1, 0.15) is 6.04 Å². The van der Waals surface area contributed by atoms with E-state index in [0.717, 1.165) is 10.5 Å². The van der Waals surface area contributed by atoms with E-state index in [1.165, 1.54) is 11.3 Å². The highest BCUT2D eigenvalue weighted by Crippen LogP contribution is 2.18. The second-order valence-corrected chi connectivity index (χ2v) is 7.74. The van der Waals surface area contributed by atoms with Crippen LogP contribution in [0.3, 0.4) is 0 Å². The fraction of sp³-hybridized carbons (Fsp3) is 0.143. The van der Waals surface area contributed by atoms with Gasteiger partial charge in [-0.2, -0.15) is 0 Å². The van der Waals surface area contributed by atoms with Gasteiger partial charge in [-0.05, 0) is 47.5 Å². The van der Waals surface area contributed by atoms with Crippen LogP contribution in [-0.4, -0.2) is 24.1 Å². The Morgan fingerprint density at radius 3 is 2.37 bits per heavy atom. The van der Waals surface area contributed by atoms with Gasteiger partial charge in [-0.15, -0.1) is 23.1 Å². The van der Waals surface area contributed by atoms with Crippen molar-refractivity contribution in [3.05, 3.63) is 82.6 Å². The lowest BCUT2D eigenvalue weighted by atomic mass is 10.0. The summed E-state index contributed by atoms with van der Waals surface area (Å²) in [7, 11) is 0. The third-order valence-corrected chi connectivity index (χ3v) is 5.62. The van der Waals surface area contributed by atoms with Crippen molar-refractivity contribution in [2.24, 2.45) is 0 Å². The van der Waals surface area contributed by atoms with E-state index in [-0.39, 0.29) is 11.8 Å². The first-order chi connectivity index (χ1) is 13.2. The summed E-state index contributed by atoms with van der Waals surface area (Å²) in [6, 6.07) is 20.2. The number of carbonyl (C=O) groups is 2. The summed E-state index contributed by atoms with van der Waals surface area (Å²) in [5.41, 5.74) is 1.70. The van der Waals surface area contributed by atoms with E-state index in [1.807, 2.05) is 72.3 Å². The third-order valence-electron chi connectivity index (χ3n) is 4.01. The number of nitrogens with one attached hydrogen (secondary N) is 2. The topological polar surface area (TPSA) is 58.2 Å². The van der Waals surface area contributed by atoms with Crippen LogP contribution in [0.1, 0.15) is 15.2 Å². The van der Waals surface area contributed by atoms with Crippen LogP contribution in [0.2, 0.25) is 0 Å². The van der Waals surface area contributed by atoms with Crippen molar-refractivity contribution >= 4 is 40.6 Å². The fourth-order valence-corrected chi connectivity index (χ4v) is 3.64. The van der Waals surface area contributed by atoms with E-state index in [2.05, 4.69) is 10.6 Å². The predicted molar refractivity (Wildman–Crippen MR) is 113 cm³/mol. The molecular formula is C21H20N2O2S2. The lowest BCUT2D eigenvalue weighted by Gasteiger charge is -2.18. The molecule has 1 heterocycles. The highest BCUT2D eigenvalue weighted by molar-refractivity contribution is 7.98. The molecule has 2 N–H and O–H groups in total. The van der Waals surface area contributed by atoms with Gasteiger partial charge in [-0.1, -0.05) is 36.4 Å². The lowest BCUT2D eigenvalue weighted by Crippen LogP contribution is -2.45. The summed E-state index contributed by atoms with van der Waals surface area (Å²) in [5.74, 6) is -0.473. The number of amides is 2. The van der Waals surface area contributed by atoms with E-state index < -0.39 is 6.04 Å². The van der Waals surface area contributed by atoms with Crippen LogP contribution < -0.4 is 10.6 Å². The zero-order valence-electron chi connectivity index (χ0n) is 14.8. The van der Waals surface area contributed by atoms with Gasteiger partial charge in [0.05, 0.1) is 4.88 Å². The molecule has 0 aliphatic carbocycles. The minimum Gasteiger partial charge on any atom is -0.339 e. The molecule has 0 bridgehead atoms. The summed E-state index contributed by atoms with van der Waals surface area (Å²) in [4.78, 5) is 27.0. The smallest absolute Gasteiger partial charge is 0.262 e. The summed E-state index contributed by atoms with van der Waals surface area (Å²) in [5, 5.41) is 7.61. The van der Waals surface area contributed by atoms with Crippen LogP contribution in [-0.2, 0) is 11.2 Å². The van der Waals surface area contributed by atoms with Crippen molar-refractivity contribution < 1.29 is 9.59 Å². The van der Waals surface area contributed by atoms with Crippen LogP contribution in [0.4, 0.5) is 5.69 Å². The van der Waals surface area contributed by atoms with E-state index in [4.69, 9.17) is 0 Å². The summed E-state index contributed by atoms with van der Waals surface area (Å²) >= 11 is 3.00. The molecule has 3 rings (SSSR count). The van der Waals surface area contributed by atoms with Gasteiger partial charge in [-0.25, -0.2) is 0 Å². The van der Waals surface area contributed by atoms with E-state index in [9.17, 15) is 9.59 Å². The largest absolute Gasteiger partial charge is 0.339 e. The first kappa shape index (κ1) is 19.2. The van der Waals surface area contributed by atoms with Crippen molar-refractivity contribution in [2.75, 3.05) is 11.6 Å². The zero-order chi connectivity index (χ0) is 19.1. The van der Waals surface area contributed by atoms with E-state index >= 15 is 0 Å². The molecule has 1 aromatic heterocycles. The highest BCUT2D eigenvalue weighted by atomic mass is 32.2. The highest BCUT2D eigenvalue weighted by Gasteiger charge is 2.22. The average molecular weight is 397 g/mol. The number of rotatable bonds is 7. The van der Waals surface area contributed by atoms with E-state index in [1.54, 1.807) is 17.8 Å². The van der Waals surface area contributed by atoms with Gasteiger partial charge in [-0.3, -0.25) is 9.59 Å². The molecule has 0 fully saturated rings. The quantitative estimate of drug-likeness (QED) is 0.580. The number of hydrogen-bond donors (Lipinski definition) is 2. The Morgan fingerprint density at radius 2 is 1.74 bits per heavy atom. The average Bonchev–Trinajstić information content (AvgIpc) is 3.24. The van der Waals surface area contributed by atoms with Crippen molar-refractivity contribution in [3.8, 4) is 0 Å². The minimum atomic E-state index is -0.665. The molecule has 27 heavy (non-hydrogen) atoms. The van der Waals surface area contributed by atoms with Gasteiger partial charge >= 0.3 is 0 Å². The Labute approximate surface area is 167 Å². The Hall–Kier alpha value is -2.57. The van der Waals surface area contributed by atoms with Crippen molar-refractivity contribution in [2.45, 2.75) is 17.4 Å². The zero-order valence-corrected chi connectivity index (χ0v) is 16.5. The molecule has 2 amide bonds. The molecule has 0 unspecified atom stereocenters. The Bertz CT molecular complexity index is 878. The van der Waals surface area contributed by atoms with Crippen molar-refractivity contribution in [3.63, 3.8) is 0 Å². The fourth-order valence-electron chi connectivity index (χ4n) is 2.60. The number of anilines is 1. The molecule has 6 heteroatoms. The summed E-state index contributed by atoms with van der Waals surface area (Å²) < 4.78 is 0. The number of benzene rings is 2. The van der Waals surface area contributed by atoms with Gasteiger partial charge in [0.15, 0.2) is 0 Å². The van der Waals surface area contributed by atoms with Crippen LogP contribution in [0.15, 0.2) is 77.0 Å². The molecule has 0 aliphatic heterocycles. The van der Waals surface area contributed by atoms with Gasteiger partial charge in [0.25, 0.3) is 5.91 Å². The molecular weight excluding hydrogens is 376 g/mol. The second kappa shape index (κ2) is 9.39. The van der Waals surface area contributed by atoms with Crippen LogP contribution in [0.25, 0.3) is 0 Å². The normalized spacial score (nSPS) is 11.6.